The molecule has 0 amide bonds. The van der Waals surface area contributed by atoms with Gasteiger partial charge < -0.3 is 0 Å². The van der Waals surface area contributed by atoms with Crippen molar-refractivity contribution in [1.82, 2.24) is 0 Å². The molecule has 0 saturated heterocycles. The van der Waals surface area contributed by atoms with Gasteiger partial charge in [0.15, 0.2) is 9.84 Å². The zero-order valence-electron chi connectivity index (χ0n) is 9.43. The predicted octanol–water partition coefficient (Wildman–Crippen LogP) is 2.72. The van der Waals surface area contributed by atoms with Crippen LogP contribution in [0, 0.1) is 11.3 Å². The maximum absolute atomic E-state index is 12.1. The van der Waals surface area contributed by atoms with E-state index in [1.54, 1.807) is 24.3 Å². The van der Waals surface area contributed by atoms with Gasteiger partial charge in [-0.15, -0.1) is 11.6 Å². The summed E-state index contributed by atoms with van der Waals surface area (Å²) >= 11 is 5.51. The van der Waals surface area contributed by atoms with Crippen LogP contribution in [0.5, 0.6) is 0 Å². The first-order valence-electron chi connectivity index (χ1n) is 5.31. The summed E-state index contributed by atoms with van der Waals surface area (Å²) in [6, 6.07) is 12.0. The van der Waals surface area contributed by atoms with Gasteiger partial charge in [0, 0.05) is 16.7 Å². The molecular formula is C13H10ClNO2S. The average Bonchev–Trinajstić information content (AvgIpc) is 2.37. The quantitative estimate of drug-likeness (QED) is 0.812. The molecule has 0 radical (unpaired) electrons. The van der Waals surface area contributed by atoms with Crippen molar-refractivity contribution >= 4 is 32.2 Å². The molecule has 2 aromatic rings. The Hall–Kier alpha value is -1.57. The molecule has 0 aliphatic carbocycles. The van der Waals surface area contributed by atoms with Crippen LogP contribution < -0.4 is 0 Å². The van der Waals surface area contributed by atoms with Crippen molar-refractivity contribution < 1.29 is 8.42 Å². The SMILES string of the molecule is N#Cc1ccc(S(=O)(=O)CCCl)c2ccccc12. The lowest BCUT2D eigenvalue weighted by atomic mass is 10.1. The lowest BCUT2D eigenvalue weighted by Crippen LogP contribution is -2.08. The third kappa shape index (κ3) is 2.20. The van der Waals surface area contributed by atoms with Crippen LogP contribution >= 0.6 is 11.6 Å². The Kier molecular flexibility index (Phi) is 3.55. The number of benzene rings is 2. The Morgan fingerprint density at radius 3 is 2.39 bits per heavy atom. The molecule has 0 unspecified atom stereocenters. The molecule has 0 fully saturated rings. The summed E-state index contributed by atoms with van der Waals surface area (Å²) in [7, 11) is -3.40. The van der Waals surface area contributed by atoms with Crippen LogP contribution in [0.2, 0.25) is 0 Å². The molecule has 0 saturated carbocycles. The number of nitriles is 1. The van der Waals surface area contributed by atoms with E-state index in [4.69, 9.17) is 16.9 Å². The van der Waals surface area contributed by atoms with E-state index in [0.29, 0.717) is 16.3 Å². The van der Waals surface area contributed by atoms with E-state index in [9.17, 15) is 8.42 Å². The second-order valence-electron chi connectivity index (χ2n) is 3.78. The van der Waals surface area contributed by atoms with Gasteiger partial charge in [0.1, 0.15) is 0 Å². The topological polar surface area (TPSA) is 57.9 Å². The Morgan fingerprint density at radius 1 is 1.11 bits per heavy atom. The van der Waals surface area contributed by atoms with Gasteiger partial charge in [-0.2, -0.15) is 5.26 Å². The highest BCUT2D eigenvalue weighted by Crippen LogP contribution is 2.26. The smallest absolute Gasteiger partial charge is 0.180 e. The summed E-state index contributed by atoms with van der Waals surface area (Å²) in [6.45, 7) is 0. The molecule has 2 aromatic carbocycles. The molecule has 0 heterocycles. The number of hydrogen-bond acceptors (Lipinski definition) is 3. The average molecular weight is 280 g/mol. The standard InChI is InChI=1S/C13H10ClNO2S/c14-7-8-18(16,17)13-6-5-10(9-15)11-3-1-2-4-12(11)13/h1-6H,7-8H2. The minimum Gasteiger partial charge on any atom is -0.224 e. The summed E-state index contributed by atoms with van der Waals surface area (Å²) in [6.07, 6.45) is 0. The number of nitrogens with zero attached hydrogens (tertiary/aromatic N) is 1. The maximum Gasteiger partial charge on any atom is 0.180 e. The fourth-order valence-corrected chi connectivity index (χ4v) is 3.67. The summed E-state index contributed by atoms with van der Waals surface area (Å²) in [4.78, 5) is 0.234. The zero-order chi connectivity index (χ0) is 13.2. The second-order valence-corrected chi connectivity index (χ2v) is 6.23. The first-order chi connectivity index (χ1) is 8.60. The highest BCUT2D eigenvalue weighted by Gasteiger charge is 2.17. The minimum absolute atomic E-state index is 0.0522. The van der Waals surface area contributed by atoms with Crippen molar-refractivity contribution in [2.45, 2.75) is 4.90 Å². The number of fused-ring (bicyclic) bond motifs is 1. The van der Waals surface area contributed by atoms with Gasteiger partial charge in [0.05, 0.1) is 22.3 Å². The first kappa shape index (κ1) is 12.9. The van der Waals surface area contributed by atoms with E-state index in [1.165, 1.54) is 12.1 Å². The van der Waals surface area contributed by atoms with Gasteiger partial charge in [-0.05, 0) is 12.1 Å². The van der Waals surface area contributed by atoms with Crippen molar-refractivity contribution in [3.8, 4) is 6.07 Å². The molecule has 0 atom stereocenters. The minimum atomic E-state index is -3.40. The van der Waals surface area contributed by atoms with Crippen molar-refractivity contribution in [3.63, 3.8) is 0 Å². The number of rotatable bonds is 3. The van der Waals surface area contributed by atoms with E-state index in [2.05, 4.69) is 6.07 Å². The normalized spacial score (nSPS) is 11.3. The molecule has 18 heavy (non-hydrogen) atoms. The van der Waals surface area contributed by atoms with Crippen molar-refractivity contribution in [3.05, 3.63) is 42.0 Å². The summed E-state index contributed by atoms with van der Waals surface area (Å²) in [5, 5.41) is 10.2. The number of sulfone groups is 1. The van der Waals surface area contributed by atoms with Crippen LogP contribution in [0.1, 0.15) is 5.56 Å². The van der Waals surface area contributed by atoms with Crippen LogP contribution in [0.4, 0.5) is 0 Å². The lowest BCUT2D eigenvalue weighted by Gasteiger charge is -2.08. The largest absolute Gasteiger partial charge is 0.224 e. The Balaban J connectivity index is 2.80. The number of hydrogen-bond donors (Lipinski definition) is 0. The molecule has 0 aromatic heterocycles. The molecular weight excluding hydrogens is 270 g/mol. The van der Waals surface area contributed by atoms with E-state index in [0.717, 1.165) is 0 Å². The molecule has 0 aliphatic rings. The maximum atomic E-state index is 12.1. The van der Waals surface area contributed by atoms with E-state index >= 15 is 0 Å². The molecule has 2 rings (SSSR count). The molecule has 0 bridgehead atoms. The Morgan fingerprint density at radius 2 is 1.78 bits per heavy atom. The van der Waals surface area contributed by atoms with Gasteiger partial charge in [-0.3, -0.25) is 0 Å². The molecule has 0 aliphatic heterocycles. The second kappa shape index (κ2) is 4.97. The fourth-order valence-electron chi connectivity index (χ4n) is 1.85. The third-order valence-corrected chi connectivity index (χ3v) is 4.87. The fraction of sp³-hybridized carbons (Fsp3) is 0.154. The van der Waals surface area contributed by atoms with Gasteiger partial charge in [-0.1, -0.05) is 24.3 Å². The molecule has 5 heteroatoms. The molecule has 92 valence electrons. The van der Waals surface area contributed by atoms with Gasteiger partial charge >= 0.3 is 0 Å². The summed E-state index contributed by atoms with van der Waals surface area (Å²) in [5.41, 5.74) is 0.468. The molecule has 0 N–H and O–H groups in total. The van der Waals surface area contributed by atoms with Crippen molar-refractivity contribution in [2.75, 3.05) is 11.6 Å². The van der Waals surface area contributed by atoms with Gasteiger partial charge in [0.2, 0.25) is 0 Å². The van der Waals surface area contributed by atoms with Crippen molar-refractivity contribution in [1.29, 1.82) is 5.26 Å². The number of alkyl halides is 1. The van der Waals surface area contributed by atoms with Gasteiger partial charge in [-0.25, -0.2) is 8.42 Å². The predicted molar refractivity (Wildman–Crippen MR) is 71.4 cm³/mol. The highest BCUT2D eigenvalue weighted by molar-refractivity contribution is 7.91. The lowest BCUT2D eigenvalue weighted by molar-refractivity contribution is 0.598. The Labute approximate surface area is 111 Å². The van der Waals surface area contributed by atoms with E-state index in [-0.39, 0.29) is 16.5 Å². The van der Waals surface area contributed by atoms with Crippen molar-refractivity contribution in [2.24, 2.45) is 0 Å². The molecule has 0 spiro atoms. The van der Waals surface area contributed by atoms with Crippen LogP contribution in [0.15, 0.2) is 41.3 Å². The van der Waals surface area contributed by atoms with Crippen LogP contribution in [-0.4, -0.2) is 20.1 Å². The van der Waals surface area contributed by atoms with Crippen LogP contribution in [0.25, 0.3) is 10.8 Å². The number of halogens is 1. The monoisotopic (exact) mass is 279 g/mol. The highest BCUT2D eigenvalue weighted by atomic mass is 35.5. The van der Waals surface area contributed by atoms with Crippen LogP contribution in [0.3, 0.4) is 0 Å². The van der Waals surface area contributed by atoms with E-state index < -0.39 is 9.84 Å². The Bertz CT molecular complexity index is 732. The van der Waals surface area contributed by atoms with Gasteiger partial charge in [0.25, 0.3) is 0 Å². The third-order valence-electron chi connectivity index (χ3n) is 2.69. The molecule has 3 nitrogen and oxygen atoms in total. The summed E-state index contributed by atoms with van der Waals surface area (Å²) in [5.74, 6) is -0.0545. The van der Waals surface area contributed by atoms with Crippen LogP contribution in [-0.2, 0) is 9.84 Å². The summed E-state index contributed by atoms with van der Waals surface area (Å²) < 4.78 is 24.2. The van der Waals surface area contributed by atoms with E-state index in [1.807, 2.05) is 0 Å². The first-order valence-corrected chi connectivity index (χ1v) is 7.49. The zero-order valence-corrected chi connectivity index (χ0v) is 11.0.